The smallest absolute Gasteiger partial charge is 0.323 e. The predicted molar refractivity (Wildman–Crippen MR) is 518 cm³/mol. The van der Waals surface area contributed by atoms with Crippen LogP contribution in [-0.4, -0.2) is 170 Å². The molecule has 0 radical (unpaired) electrons. The number of carbonyl (C=O) groups is 4. The zero-order valence-corrected chi connectivity index (χ0v) is 80.3. The molecule has 22 heteroatoms. The van der Waals surface area contributed by atoms with E-state index in [1.165, 1.54) is 92.4 Å². The number of hydrogen-bond acceptors (Lipinski definition) is 17. The van der Waals surface area contributed by atoms with Gasteiger partial charge in [-0.1, -0.05) is 120 Å². The number of aryl methyl sites for hydroxylation is 11. The van der Waals surface area contributed by atoms with Crippen molar-refractivity contribution in [2.24, 2.45) is 11.8 Å². The van der Waals surface area contributed by atoms with E-state index in [9.17, 15) is 19.2 Å². The topological polar surface area (TPSA) is 187 Å². The average Bonchev–Trinajstić information content (AvgIpc) is 1.55. The van der Waals surface area contributed by atoms with Crippen LogP contribution >= 0.6 is 34.8 Å². The minimum atomic E-state index is -0.430. The van der Waals surface area contributed by atoms with Crippen LogP contribution < -0.4 is 14.7 Å². The highest BCUT2D eigenvalue weighted by Crippen LogP contribution is 2.44. The fourth-order valence-corrected chi connectivity index (χ4v) is 19.4. The molecule has 15 rings (SSSR count). The Morgan fingerprint density at radius 1 is 0.444 bits per heavy atom. The number of rotatable bonds is 22. The highest BCUT2D eigenvalue weighted by molar-refractivity contribution is 6.31. The Hall–Kier alpha value is -10.2. The SMILES string of the molecule is CCOC(=O)[C@H](CCc1ccc(C)cc1)N(C)[C@@H](C)C(=O)N1[C@H](C)C[C@@H]2CCC[C@@H]21.CCOC(=O)[C@H](CCc1ccccc1C)N(C)[C@@H](C)C(=O)N1[C@H](C)C[C@@H]2CCC[C@@H]21.Cc1cc2c(N(C)c3cccc(Cl)c3)ncnc2c(C)c1C.Cc1cc2ncnc(N(C)c3cc(Cl)ccc3C)c2cc1C.Cc1cc2ncnc(N(C)c3cccc(Cl)c3)c2c(C)c1C. The van der Waals surface area contributed by atoms with E-state index >= 15 is 0 Å². The number of likely N-dealkylation sites (tertiary alicyclic amines) is 2. The molecule has 19 nitrogen and oxygen atoms in total. The third kappa shape index (κ3) is 22.5. The number of ether oxygens (including phenoxy) is 2. The van der Waals surface area contributed by atoms with Crippen molar-refractivity contribution in [3.63, 3.8) is 0 Å². The summed E-state index contributed by atoms with van der Waals surface area (Å²) in [6.07, 6.45) is 17.1. The van der Waals surface area contributed by atoms with E-state index in [-0.39, 0.29) is 47.9 Å². The first kappa shape index (κ1) is 96.5. The fourth-order valence-electron chi connectivity index (χ4n) is 18.9. The summed E-state index contributed by atoms with van der Waals surface area (Å²) in [5.41, 5.74) is 22.0. The number of likely N-dealkylation sites (N-methyl/N-ethyl adjacent to an activating group) is 2. The van der Waals surface area contributed by atoms with E-state index in [1.54, 1.807) is 19.0 Å². The summed E-state index contributed by atoms with van der Waals surface area (Å²) >= 11 is 18.4. The lowest BCUT2D eigenvalue weighted by atomic mass is 9.99. The average molecular weight is 1760 g/mol. The Morgan fingerprint density at radius 3 is 1.46 bits per heavy atom. The molecule has 11 aromatic rings. The lowest BCUT2D eigenvalue weighted by Gasteiger charge is -2.36. The van der Waals surface area contributed by atoms with E-state index in [4.69, 9.17) is 44.3 Å². The summed E-state index contributed by atoms with van der Waals surface area (Å²) in [5.74, 6) is 3.83. The van der Waals surface area contributed by atoms with Gasteiger partial charge in [0.25, 0.3) is 0 Å². The highest BCUT2D eigenvalue weighted by Gasteiger charge is 2.48. The molecule has 2 saturated heterocycles. The molecule has 3 aromatic heterocycles. The van der Waals surface area contributed by atoms with E-state index < -0.39 is 12.1 Å². The number of benzene rings is 8. The number of hydrogen-bond donors (Lipinski definition) is 0. The number of amides is 2. The zero-order valence-electron chi connectivity index (χ0n) is 78.1. The first-order valence-electron chi connectivity index (χ1n) is 44.8. The molecular formula is C104H130Cl3N13O6. The van der Waals surface area contributed by atoms with Crippen LogP contribution in [0.2, 0.25) is 15.1 Å². The molecule has 2 aliphatic carbocycles. The molecule has 10 atom stereocenters. The van der Waals surface area contributed by atoms with Gasteiger partial charge in [-0.3, -0.25) is 29.0 Å². The van der Waals surface area contributed by atoms with Crippen LogP contribution in [0.4, 0.5) is 34.5 Å². The molecule has 0 spiro atoms. The first-order valence-corrected chi connectivity index (χ1v) is 45.9. The quantitative estimate of drug-likeness (QED) is 0.0583. The summed E-state index contributed by atoms with van der Waals surface area (Å²) in [5, 5.41) is 5.35. The molecule has 2 saturated carbocycles. The number of fused-ring (bicyclic) bond motifs is 5. The van der Waals surface area contributed by atoms with Gasteiger partial charge in [-0.05, 0) is 347 Å². The zero-order chi connectivity index (χ0) is 91.2. The van der Waals surface area contributed by atoms with Crippen LogP contribution in [0.5, 0.6) is 0 Å². The van der Waals surface area contributed by atoms with Crippen LogP contribution in [-0.2, 0) is 41.5 Å². The van der Waals surface area contributed by atoms with Gasteiger partial charge >= 0.3 is 11.9 Å². The highest BCUT2D eigenvalue weighted by atomic mass is 35.5. The lowest BCUT2D eigenvalue weighted by Crippen LogP contribution is -2.54. The van der Waals surface area contributed by atoms with E-state index in [1.807, 2.05) is 156 Å². The first-order chi connectivity index (χ1) is 60.1. The monoisotopic (exact) mass is 1760 g/mol. The molecule has 2 amide bonds. The van der Waals surface area contributed by atoms with E-state index in [0.717, 1.165) is 116 Å². The maximum atomic E-state index is 13.5. The van der Waals surface area contributed by atoms with Crippen LogP contribution in [0.3, 0.4) is 0 Å². The normalized spacial score (nSPS) is 17.8. The second-order valence-corrected chi connectivity index (χ2v) is 36.5. The van der Waals surface area contributed by atoms with E-state index in [0.29, 0.717) is 60.0 Å². The van der Waals surface area contributed by atoms with Gasteiger partial charge in [0.2, 0.25) is 11.8 Å². The molecule has 4 aliphatic rings. The molecule has 5 heterocycles. The molecule has 2 aliphatic heterocycles. The van der Waals surface area contributed by atoms with Gasteiger partial charge in [0.1, 0.15) is 48.5 Å². The van der Waals surface area contributed by atoms with Gasteiger partial charge in [-0.25, -0.2) is 29.9 Å². The Labute approximate surface area is 763 Å². The van der Waals surface area contributed by atoms with Crippen molar-refractivity contribution in [3.8, 4) is 0 Å². The molecular weight excluding hydrogens is 1630 g/mol. The van der Waals surface area contributed by atoms with Gasteiger partial charge in [-0.2, -0.15) is 0 Å². The van der Waals surface area contributed by atoms with Crippen molar-refractivity contribution in [1.82, 2.24) is 49.5 Å². The van der Waals surface area contributed by atoms with E-state index in [2.05, 4.69) is 200 Å². The largest absolute Gasteiger partial charge is 0.465 e. The fraction of sp³-hybridized carbons (Fsp3) is 0.442. The van der Waals surface area contributed by atoms with Crippen molar-refractivity contribution in [1.29, 1.82) is 0 Å². The molecule has 126 heavy (non-hydrogen) atoms. The van der Waals surface area contributed by atoms with Crippen LogP contribution in [0.1, 0.15) is 178 Å². The summed E-state index contributed by atoms with van der Waals surface area (Å²) in [6, 6.07) is 46.4. The summed E-state index contributed by atoms with van der Waals surface area (Å²) in [4.78, 5) is 93.6. The van der Waals surface area contributed by atoms with Gasteiger partial charge in [0.05, 0.1) is 41.8 Å². The molecule has 4 fully saturated rings. The van der Waals surface area contributed by atoms with Gasteiger partial charge in [-0.15, -0.1) is 0 Å². The summed E-state index contributed by atoms with van der Waals surface area (Å²) in [6.45, 7) is 35.8. The van der Waals surface area contributed by atoms with Crippen LogP contribution in [0.25, 0.3) is 32.7 Å². The number of halogens is 3. The molecule has 8 aromatic carbocycles. The number of anilines is 6. The number of carbonyl (C=O) groups excluding carboxylic acids is 4. The Bertz CT molecular complexity index is 5660. The molecule has 0 bridgehead atoms. The van der Waals surface area contributed by atoms with Gasteiger partial charge < -0.3 is 34.0 Å². The van der Waals surface area contributed by atoms with Crippen molar-refractivity contribution in [2.75, 3.05) is 63.2 Å². The van der Waals surface area contributed by atoms with Crippen molar-refractivity contribution >= 4 is 126 Å². The second kappa shape index (κ2) is 43.6. The van der Waals surface area contributed by atoms with Crippen molar-refractivity contribution in [2.45, 2.75) is 243 Å². The molecule has 0 N–H and O–H groups in total. The maximum Gasteiger partial charge on any atom is 0.323 e. The summed E-state index contributed by atoms with van der Waals surface area (Å²) < 4.78 is 10.8. The van der Waals surface area contributed by atoms with Gasteiger partial charge in [0.15, 0.2) is 0 Å². The Balaban J connectivity index is 0.000000154. The maximum absolute atomic E-state index is 13.5. The van der Waals surface area contributed by atoms with Gasteiger partial charge in [0, 0.05) is 93.6 Å². The number of esters is 2. The minimum absolute atomic E-state index is 0.157. The standard InChI is InChI=1S/2C25H38N2O3.3C18H18ClN3/c1-6-30-25(29)23(15-14-20-11-8-7-10-17(20)2)26(5)19(4)24(28)27-18(3)16-21-12-9-13-22(21)27;1-6-30-25(29)23(15-14-20-12-10-17(2)11-13-20)26(5)19(4)24(28)27-18(3)16-21-8-7-9-22(21)27;1-11-5-6-14(19)9-17(11)22(4)18-15-7-12(2)13(3)8-16(15)20-10-21-18;1-11-8-16-17(13(3)12(11)2)18(21-10-20-16)22(4)15-7-5-6-14(19)9-15;1-11-8-16-17(13(3)12(11)2)20-10-21-18(16)22(4)15-7-5-6-14(19)9-15/h7-8,10-11,18-19,21-23H,6,9,12-16H2,1-5H3;10-13,18-19,21-23H,6-9,14-16H2,1-5H3;3*5-10H,1-4H3/t2*18-,19+,21+,22+,23+;;;/m11.../s1. The minimum Gasteiger partial charge on any atom is -0.465 e. The second-order valence-electron chi connectivity index (χ2n) is 35.2. The third-order valence-electron chi connectivity index (χ3n) is 27.1. The predicted octanol–water partition coefficient (Wildman–Crippen LogP) is 22.9. The summed E-state index contributed by atoms with van der Waals surface area (Å²) in [7, 11) is 9.80. The third-order valence-corrected chi connectivity index (χ3v) is 27.8. The Morgan fingerprint density at radius 2 is 0.913 bits per heavy atom. The van der Waals surface area contributed by atoms with Crippen LogP contribution in [0, 0.1) is 88.0 Å². The molecule has 0 unspecified atom stereocenters. The number of nitrogens with zero attached hydrogens (tertiary/aromatic N) is 13. The number of aromatic nitrogens is 6. The Kier molecular flexibility index (Phi) is 33.4. The molecule has 668 valence electrons. The van der Waals surface area contributed by atoms with Crippen molar-refractivity contribution in [3.05, 3.63) is 246 Å². The van der Waals surface area contributed by atoms with Crippen molar-refractivity contribution < 1.29 is 28.7 Å². The van der Waals surface area contributed by atoms with Crippen LogP contribution in [0.15, 0.2) is 159 Å². The lowest BCUT2D eigenvalue weighted by molar-refractivity contribution is -0.154.